The van der Waals surface area contributed by atoms with Crippen molar-refractivity contribution >= 4 is 56.2 Å². The van der Waals surface area contributed by atoms with E-state index < -0.39 is 74.8 Å². The molecule has 0 spiro atoms. The molecule has 1 fully saturated rings. The molecular formula is C26H30N10Na2O11S2. The Morgan fingerprint density at radius 2 is 1.84 bits per heavy atom. The van der Waals surface area contributed by atoms with Crippen LogP contribution in [0.2, 0.25) is 0 Å². The Morgan fingerprint density at radius 1 is 1.20 bits per heavy atom. The number of aliphatic carboxylic acids is 1. The van der Waals surface area contributed by atoms with Crippen molar-refractivity contribution in [2.75, 3.05) is 12.3 Å². The maximum Gasteiger partial charge on any atom is 1.00 e. The van der Waals surface area contributed by atoms with Gasteiger partial charge in [-0.2, -0.15) is 8.42 Å². The van der Waals surface area contributed by atoms with Gasteiger partial charge in [-0.25, -0.2) is 9.78 Å². The van der Waals surface area contributed by atoms with E-state index in [4.69, 9.17) is 10.6 Å². The Kier molecular flexibility index (Phi) is 14.0. The number of β-lactam (4-membered cyclic amide) rings is 1. The first-order valence-electron chi connectivity index (χ1n) is 14.1. The summed E-state index contributed by atoms with van der Waals surface area (Å²) >= 11 is 0.919. The zero-order valence-electron chi connectivity index (χ0n) is 28.5. The second kappa shape index (κ2) is 16.4. The third-order valence-electron chi connectivity index (χ3n) is 6.77. The molecule has 0 radical (unpaired) electrons. The van der Waals surface area contributed by atoms with Gasteiger partial charge < -0.3 is 45.9 Å². The average molecular weight is 769 g/mol. The fourth-order valence-corrected chi connectivity index (χ4v) is 5.28. The molecule has 5 N–H and O–H groups in total. The summed E-state index contributed by atoms with van der Waals surface area (Å²) < 4.78 is 30.2. The van der Waals surface area contributed by atoms with Crippen LogP contribution < -0.4 is 91.5 Å². The van der Waals surface area contributed by atoms with E-state index in [9.17, 15) is 47.7 Å². The number of rotatable bonds is 11. The molecule has 264 valence electrons. The molecule has 51 heavy (non-hydrogen) atoms. The number of aromatic nitrogens is 5. The number of nitrogens with two attached hydrogens (primary N) is 1. The molecule has 4 heterocycles. The number of amidine groups is 1. The van der Waals surface area contributed by atoms with Crippen LogP contribution in [0.1, 0.15) is 46.7 Å². The number of H-pyrrole nitrogens is 1. The second-order valence-electron chi connectivity index (χ2n) is 12.2. The Morgan fingerprint density at radius 3 is 2.37 bits per heavy atom. The van der Waals surface area contributed by atoms with Crippen molar-refractivity contribution in [3.63, 3.8) is 0 Å². The van der Waals surface area contributed by atoms with Gasteiger partial charge in [-0.15, -0.1) is 20.8 Å². The molecule has 0 aromatic carbocycles. The van der Waals surface area contributed by atoms with Crippen LogP contribution in [-0.2, 0) is 36.0 Å². The van der Waals surface area contributed by atoms with Crippen LogP contribution in [0, 0.1) is 5.41 Å². The van der Waals surface area contributed by atoms with E-state index >= 15 is 0 Å². The van der Waals surface area contributed by atoms with Crippen LogP contribution in [0.15, 0.2) is 36.8 Å². The first kappa shape index (κ1) is 43.6. The number of carboxylic acid groups (broad SMARTS) is 1. The van der Waals surface area contributed by atoms with Gasteiger partial charge in [0.15, 0.2) is 28.0 Å². The molecule has 25 heteroatoms. The zero-order valence-corrected chi connectivity index (χ0v) is 34.1. The number of carboxylic acids is 1. The Bertz CT molecular complexity index is 2110. The van der Waals surface area contributed by atoms with E-state index in [0.29, 0.717) is 11.3 Å². The van der Waals surface area contributed by atoms with E-state index in [1.54, 1.807) is 0 Å². The molecular weight excluding hydrogens is 738 g/mol. The summed E-state index contributed by atoms with van der Waals surface area (Å²) in [4.78, 5) is 74.1. The standard InChI is InChI=1S/C26H32N10O11S2.2Na/c1-25(2,3)6-7-34-18(12-8-15(37)16(38)9-28-12)31-36(24(34)44)49(45,46)33-23(43)35-10-13(20(35)40)29-19(39)17(14-11-48-22(27)30-14)32-47-26(4,5)21(41)42;;/h8-9,11,13,38H,6-7,10H2,1-5H3,(H2,27,30)(H,28,37)(H,29,39)(H,33,43)(H,41,42);;/q;2*+1/p-2/b32-17-;;/t13-;;/m0../s1. The van der Waals surface area contributed by atoms with Gasteiger partial charge in [-0.05, 0) is 25.7 Å². The number of nitrogen functional groups attached to an aromatic ring is 1. The number of anilines is 1. The normalized spacial score (nSPS) is 15.4. The number of aromatic hydroxyl groups is 1. The Hall–Kier alpha value is -3.58. The number of nitrogens with zero attached hydrogens (tertiary/aromatic N) is 7. The number of oxime groups is 1. The van der Waals surface area contributed by atoms with Crippen LogP contribution in [0.25, 0.3) is 11.5 Å². The van der Waals surface area contributed by atoms with Crippen molar-refractivity contribution in [2.45, 2.75) is 59.2 Å². The number of hydrogen-bond acceptors (Lipinski definition) is 16. The molecule has 0 bridgehead atoms. The molecule has 1 aliphatic rings. The Labute approximate surface area is 337 Å². The quantitative estimate of drug-likeness (QED) is 0.0463. The predicted octanol–water partition coefficient (Wildman–Crippen LogP) is -9.33. The van der Waals surface area contributed by atoms with Crippen LogP contribution in [0.4, 0.5) is 5.13 Å². The zero-order chi connectivity index (χ0) is 36.6. The molecule has 3 aromatic rings. The molecule has 2 amide bonds. The van der Waals surface area contributed by atoms with Gasteiger partial charge in [0.25, 0.3) is 11.8 Å². The molecule has 4 rings (SSSR count). The SMILES string of the molecule is CC(C)(C)CCn1c(-c2cc(=O)c(O)c[nH]2)nn(S(=O)(=O)N=C([O-])N2C[C@H](NC(=O)/C(=N\OC(C)(C)C(=O)[O-])c3csc(N)n3)C2=O)c1=O.[Na+].[Na+]. The number of carbonyl (C=O) groups is 3. The molecule has 0 aliphatic carbocycles. The van der Waals surface area contributed by atoms with Gasteiger partial charge in [0.1, 0.15) is 11.7 Å². The number of pyridine rings is 1. The van der Waals surface area contributed by atoms with Crippen LogP contribution in [0.5, 0.6) is 5.75 Å². The monoisotopic (exact) mass is 768 g/mol. The first-order chi connectivity index (χ1) is 22.6. The van der Waals surface area contributed by atoms with Crippen LogP contribution in [-0.4, -0.2) is 89.8 Å². The van der Waals surface area contributed by atoms with Crippen LogP contribution in [0.3, 0.4) is 0 Å². The number of amides is 2. The van der Waals surface area contributed by atoms with Crippen molar-refractivity contribution in [3.05, 3.63) is 44.0 Å². The van der Waals surface area contributed by atoms with E-state index in [2.05, 4.69) is 29.9 Å². The van der Waals surface area contributed by atoms with Gasteiger partial charge in [-0.1, -0.05) is 30.0 Å². The molecule has 1 aliphatic heterocycles. The number of hydrogen-bond donors (Lipinski definition) is 4. The molecule has 0 saturated carbocycles. The number of likely N-dealkylation sites (tertiary alicyclic amines) is 1. The maximum absolute atomic E-state index is 13.3. The molecule has 1 saturated heterocycles. The number of carbonyl (C=O) groups excluding carboxylic acids is 3. The fourth-order valence-electron chi connectivity index (χ4n) is 3.89. The van der Waals surface area contributed by atoms with Gasteiger partial charge in [0.05, 0.1) is 24.2 Å². The molecule has 1 atom stereocenters. The molecule has 0 unspecified atom stereocenters. The van der Waals surface area contributed by atoms with Crippen molar-refractivity contribution in [2.24, 2.45) is 15.0 Å². The third-order valence-corrected chi connectivity index (χ3v) is 8.50. The number of nitrogens with one attached hydrogen (secondary N) is 2. The average Bonchev–Trinajstić information content (AvgIpc) is 3.57. The van der Waals surface area contributed by atoms with Crippen molar-refractivity contribution in [3.8, 4) is 17.3 Å². The van der Waals surface area contributed by atoms with Gasteiger partial charge in [-0.3, -0.25) is 19.0 Å². The van der Waals surface area contributed by atoms with Crippen molar-refractivity contribution in [1.82, 2.24) is 33.9 Å². The summed E-state index contributed by atoms with van der Waals surface area (Å²) in [5, 5.41) is 44.6. The van der Waals surface area contributed by atoms with E-state index in [-0.39, 0.29) is 97.5 Å². The molecule has 21 nitrogen and oxygen atoms in total. The fraction of sp³-hybridized carbons (Fsp3) is 0.423. The summed E-state index contributed by atoms with van der Waals surface area (Å²) in [7, 11) is -5.22. The number of thiazole rings is 1. The smallest absolute Gasteiger partial charge is 0.845 e. The van der Waals surface area contributed by atoms with E-state index in [1.165, 1.54) is 5.38 Å². The minimum Gasteiger partial charge on any atom is -0.845 e. The summed E-state index contributed by atoms with van der Waals surface area (Å²) in [6.07, 6.45) is 1.27. The number of aromatic amines is 1. The third kappa shape index (κ3) is 10.1. The Balaban J connectivity index is 0.00000451. The van der Waals surface area contributed by atoms with Gasteiger partial charge >= 0.3 is 75.0 Å². The summed E-state index contributed by atoms with van der Waals surface area (Å²) in [5.41, 5.74) is 0.413. The first-order valence-corrected chi connectivity index (χ1v) is 16.3. The van der Waals surface area contributed by atoms with E-state index in [1.807, 2.05) is 20.8 Å². The minimum absolute atomic E-state index is 0. The van der Waals surface area contributed by atoms with Gasteiger partial charge in [0, 0.05) is 24.2 Å². The summed E-state index contributed by atoms with van der Waals surface area (Å²) in [5.74, 6) is -4.77. The van der Waals surface area contributed by atoms with Crippen molar-refractivity contribution in [1.29, 1.82) is 0 Å². The minimum atomic E-state index is -5.22. The topological polar surface area (TPSA) is 313 Å². The van der Waals surface area contributed by atoms with E-state index in [0.717, 1.165) is 42.0 Å². The molecule has 3 aromatic heterocycles. The summed E-state index contributed by atoms with van der Waals surface area (Å²) in [6.45, 7) is 7.18. The largest absolute Gasteiger partial charge is 1.00 e. The summed E-state index contributed by atoms with van der Waals surface area (Å²) in [6, 6.07) is -2.10. The van der Waals surface area contributed by atoms with Crippen LogP contribution >= 0.6 is 11.3 Å². The second-order valence-corrected chi connectivity index (χ2v) is 14.5. The van der Waals surface area contributed by atoms with Gasteiger partial charge in [0.2, 0.25) is 5.43 Å². The maximum atomic E-state index is 13.3. The predicted molar refractivity (Wildman–Crippen MR) is 167 cm³/mol. The van der Waals surface area contributed by atoms with Crippen molar-refractivity contribution < 1.29 is 102 Å².